The largest absolute Gasteiger partial charge is 0.398 e. The van der Waals surface area contributed by atoms with Crippen LogP contribution in [0.3, 0.4) is 0 Å². The van der Waals surface area contributed by atoms with Crippen LogP contribution in [-0.2, 0) is 25.7 Å². The van der Waals surface area contributed by atoms with Gasteiger partial charge in [0.1, 0.15) is 0 Å². The van der Waals surface area contributed by atoms with Crippen molar-refractivity contribution in [1.29, 1.82) is 0 Å². The molecule has 1 atom stereocenters. The first kappa shape index (κ1) is 20.1. The Morgan fingerprint density at radius 1 is 0.781 bits per heavy atom. The van der Waals surface area contributed by atoms with Crippen molar-refractivity contribution in [3.63, 3.8) is 0 Å². The van der Waals surface area contributed by atoms with Crippen LogP contribution in [0.2, 0.25) is 0 Å². The zero-order valence-corrected chi connectivity index (χ0v) is 19.0. The van der Waals surface area contributed by atoms with E-state index in [0.29, 0.717) is 17.8 Å². The molecular weight excluding hydrogens is 392 g/mol. The third-order valence-electron chi connectivity index (χ3n) is 9.15. The van der Waals surface area contributed by atoms with Crippen LogP contribution in [0, 0.1) is 23.7 Å². The lowest BCUT2D eigenvalue weighted by Crippen LogP contribution is -2.31. The molecule has 2 saturated carbocycles. The van der Waals surface area contributed by atoms with E-state index < -0.39 is 0 Å². The number of carbonyl (C=O) groups is 1. The van der Waals surface area contributed by atoms with Gasteiger partial charge in [-0.25, -0.2) is 0 Å². The lowest BCUT2D eigenvalue weighted by Gasteiger charge is -2.41. The minimum Gasteiger partial charge on any atom is -0.398 e. The summed E-state index contributed by atoms with van der Waals surface area (Å²) in [5.74, 6) is 2.37. The lowest BCUT2D eigenvalue weighted by atomic mass is 9.64. The Balaban J connectivity index is 1.12. The Bertz CT molecular complexity index is 1120. The number of nitrogens with two attached hydrogens (primary N) is 2. The van der Waals surface area contributed by atoms with Crippen molar-refractivity contribution in [3.8, 4) is 0 Å². The molecular formula is C29H34N2O. The highest BCUT2D eigenvalue weighted by Gasteiger charge is 2.40. The van der Waals surface area contributed by atoms with Gasteiger partial charge in [0.2, 0.25) is 0 Å². The van der Waals surface area contributed by atoms with Gasteiger partial charge in [-0.2, -0.15) is 0 Å². The number of Topliss-reactive ketones (excluding diaryl/α,β-unsaturated/α-hetero) is 1. The molecule has 1 unspecified atom stereocenters. The van der Waals surface area contributed by atoms with Gasteiger partial charge in [-0.1, -0.05) is 31.2 Å². The fourth-order valence-electron chi connectivity index (χ4n) is 6.72. The molecule has 3 heteroatoms. The standard InChI is InChI=1S/C29H34N2O/c1-16(23-10-8-17-4-3-7-24(17)27(23)30)20-13-21(14-20)22-12-19-9-11-25(28(31)26(19)15-22)29(32)18-5-2-6-18/h8-11,18,20-22H,1-7,12-15,30-31H2. The number of anilines is 2. The minimum absolute atomic E-state index is 0.206. The summed E-state index contributed by atoms with van der Waals surface area (Å²) in [7, 11) is 0. The fraction of sp³-hybridized carbons (Fsp3) is 0.483. The van der Waals surface area contributed by atoms with E-state index in [-0.39, 0.29) is 11.7 Å². The summed E-state index contributed by atoms with van der Waals surface area (Å²) in [6.45, 7) is 4.47. The van der Waals surface area contributed by atoms with Crippen LogP contribution < -0.4 is 11.5 Å². The third kappa shape index (κ3) is 3.04. The van der Waals surface area contributed by atoms with E-state index >= 15 is 0 Å². The van der Waals surface area contributed by atoms with Gasteiger partial charge < -0.3 is 11.5 Å². The van der Waals surface area contributed by atoms with E-state index in [1.165, 1.54) is 59.1 Å². The van der Waals surface area contributed by atoms with Crippen molar-refractivity contribution in [3.05, 3.63) is 64.2 Å². The average molecular weight is 427 g/mol. The van der Waals surface area contributed by atoms with Gasteiger partial charge >= 0.3 is 0 Å². The number of aryl methyl sites for hydroxylation is 1. The number of ketones is 1. The van der Waals surface area contributed by atoms with Crippen LogP contribution in [0.4, 0.5) is 11.4 Å². The van der Waals surface area contributed by atoms with E-state index in [4.69, 9.17) is 11.5 Å². The second-order valence-corrected chi connectivity index (χ2v) is 10.8. The van der Waals surface area contributed by atoms with Gasteiger partial charge in [0, 0.05) is 28.4 Å². The number of fused-ring (bicyclic) bond motifs is 2. The molecule has 4 N–H and O–H groups in total. The van der Waals surface area contributed by atoms with Crippen molar-refractivity contribution in [1.82, 2.24) is 0 Å². The van der Waals surface area contributed by atoms with E-state index in [9.17, 15) is 4.79 Å². The van der Waals surface area contributed by atoms with Crippen molar-refractivity contribution < 1.29 is 4.79 Å². The monoisotopic (exact) mass is 426 g/mol. The number of allylic oxidation sites excluding steroid dienone is 1. The minimum atomic E-state index is 0.206. The summed E-state index contributed by atoms with van der Waals surface area (Å²) in [5.41, 5.74) is 23.5. The molecule has 0 aliphatic heterocycles. The molecule has 6 rings (SSSR count). The highest BCUT2D eigenvalue weighted by molar-refractivity contribution is 6.03. The quantitative estimate of drug-likeness (QED) is 0.470. The van der Waals surface area contributed by atoms with E-state index in [1.54, 1.807) is 0 Å². The Kier molecular flexibility index (Phi) is 4.71. The number of hydrogen-bond acceptors (Lipinski definition) is 3. The average Bonchev–Trinajstić information content (AvgIpc) is 3.33. The Morgan fingerprint density at radius 3 is 2.25 bits per heavy atom. The van der Waals surface area contributed by atoms with Gasteiger partial charge in [0.25, 0.3) is 0 Å². The first-order valence-corrected chi connectivity index (χ1v) is 12.5. The SMILES string of the molecule is C=C(c1ccc2c(c1N)CCC2)C1CC(C2Cc3ccc(C(=O)C4CCC4)c(N)c3C2)C1. The van der Waals surface area contributed by atoms with Crippen LogP contribution in [0.15, 0.2) is 30.8 Å². The summed E-state index contributed by atoms with van der Waals surface area (Å²) in [4.78, 5) is 12.8. The molecule has 32 heavy (non-hydrogen) atoms. The molecule has 0 radical (unpaired) electrons. The van der Waals surface area contributed by atoms with Crippen molar-refractivity contribution in [2.45, 2.75) is 64.2 Å². The topological polar surface area (TPSA) is 69.1 Å². The molecule has 0 saturated heterocycles. The van der Waals surface area contributed by atoms with E-state index in [1.807, 2.05) is 6.07 Å². The Hall–Kier alpha value is -2.55. The Morgan fingerprint density at radius 2 is 1.50 bits per heavy atom. The molecule has 0 spiro atoms. The second kappa shape index (κ2) is 7.50. The first-order chi connectivity index (χ1) is 15.5. The zero-order valence-electron chi connectivity index (χ0n) is 19.0. The van der Waals surface area contributed by atoms with Gasteiger partial charge in [-0.05, 0) is 109 Å². The van der Waals surface area contributed by atoms with Crippen LogP contribution in [0.1, 0.15) is 76.7 Å². The summed E-state index contributed by atoms with van der Waals surface area (Å²) in [5, 5.41) is 0. The van der Waals surface area contributed by atoms with Gasteiger partial charge in [0.05, 0.1) is 0 Å². The normalized spacial score (nSPS) is 26.2. The Labute approximate surface area is 191 Å². The molecule has 2 aromatic rings. The number of nitrogen functional groups attached to an aromatic ring is 2. The van der Waals surface area contributed by atoms with Gasteiger partial charge in [-0.3, -0.25) is 4.79 Å². The van der Waals surface area contributed by atoms with Gasteiger partial charge in [-0.15, -0.1) is 0 Å². The molecule has 4 aliphatic carbocycles. The molecule has 166 valence electrons. The van der Waals surface area contributed by atoms with E-state index in [0.717, 1.165) is 55.5 Å². The zero-order chi connectivity index (χ0) is 22.0. The predicted molar refractivity (Wildman–Crippen MR) is 132 cm³/mol. The highest BCUT2D eigenvalue weighted by atomic mass is 16.1. The molecule has 3 nitrogen and oxygen atoms in total. The molecule has 0 heterocycles. The maximum atomic E-state index is 12.8. The van der Waals surface area contributed by atoms with Crippen LogP contribution in [0.25, 0.3) is 5.57 Å². The number of carbonyl (C=O) groups excluding carboxylic acids is 1. The van der Waals surface area contributed by atoms with Crippen LogP contribution >= 0.6 is 0 Å². The van der Waals surface area contributed by atoms with Crippen molar-refractivity contribution >= 4 is 22.7 Å². The number of rotatable bonds is 5. The van der Waals surface area contributed by atoms with E-state index in [2.05, 4.69) is 24.8 Å². The number of hydrogen-bond donors (Lipinski definition) is 2. The fourth-order valence-corrected chi connectivity index (χ4v) is 6.72. The summed E-state index contributed by atoms with van der Waals surface area (Å²) in [6.07, 6.45) is 11.2. The number of benzene rings is 2. The highest BCUT2D eigenvalue weighted by Crippen LogP contribution is 2.51. The summed E-state index contributed by atoms with van der Waals surface area (Å²) in [6, 6.07) is 8.66. The molecule has 0 bridgehead atoms. The third-order valence-corrected chi connectivity index (χ3v) is 9.15. The first-order valence-electron chi connectivity index (χ1n) is 12.5. The van der Waals surface area contributed by atoms with Crippen molar-refractivity contribution in [2.24, 2.45) is 23.7 Å². The summed E-state index contributed by atoms with van der Waals surface area (Å²) < 4.78 is 0. The predicted octanol–water partition coefficient (Wildman–Crippen LogP) is 5.78. The smallest absolute Gasteiger partial charge is 0.168 e. The summed E-state index contributed by atoms with van der Waals surface area (Å²) >= 11 is 0. The van der Waals surface area contributed by atoms with Crippen molar-refractivity contribution in [2.75, 3.05) is 11.5 Å². The van der Waals surface area contributed by atoms with Gasteiger partial charge in [0.15, 0.2) is 5.78 Å². The molecule has 4 aliphatic rings. The molecule has 2 aromatic carbocycles. The molecule has 2 fully saturated rings. The van der Waals surface area contributed by atoms with Crippen LogP contribution in [-0.4, -0.2) is 5.78 Å². The second-order valence-electron chi connectivity index (χ2n) is 10.8. The molecule has 0 amide bonds. The maximum absolute atomic E-state index is 12.8. The molecule has 0 aromatic heterocycles. The maximum Gasteiger partial charge on any atom is 0.168 e. The lowest BCUT2D eigenvalue weighted by molar-refractivity contribution is 0.0856. The van der Waals surface area contributed by atoms with Crippen LogP contribution in [0.5, 0.6) is 0 Å².